The predicted molar refractivity (Wildman–Crippen MR) is 111 cm³/mol. The van der Waals surface area contributed by atoms with E-state index in [1.165, 1.54) is 11.3 Å². The molecule has 5 nitrogen and oxygen atoms in total. The van der Waals surface area contributed by atoms with Gasteiger partial charge in [0.1, 0.15) is 17.4 Å². The third-order valence-corrected chi connectivity index (χ3v) is 6.25. The van der Waals surface area contributed by atoms with Crippen LogP contribution in [0.4, 0.5) is 0 Å². The van der Waals surface area contributed by atoms with Crippen molar-refractivity contribution in [3.8, 4) is 5.75 Å². The molecule has 1 aromatic carbocycles. The highest BCUT2D eigenvalue weighted by molar-refractivity contribution is 7.09. The Hall–Kier alpha value is -1.63. The SMILES string of the molecule is CC(C)C(C)N(Cc1cc(Cl)ccc1OCc1nc(CO)cs1)C(=O)C1CC1. The first-order chi connectivity index (χ1) is 13.4. The molecule has 1 aliphatic carbocycles. The van der Waals surface area contributed by atoms with Crippen molar-refractivity contribution in [3.63, 3.8) is 0 Å². The second kappa shape index (κ2) is 9.25. The number of amides is 1. The molecule has 152 valence electrons. The molecular weight excluding hydrogens is 396 g/mol. The van der Waals surface area contributed by atoms with E-state index in [0.717, 1.165) is 23.4 Å². The minimum atomic E-state index is -0.0754. The van der Waals surface area contributed by atoms with Gasteiger partial charge in [0.05, 0.1) is 12.3 Å². The van der Waals surface area contributed by atoms with E-state index in [4.69, 9.17) is 21.4 Å². The maximum atomic E-state index is 12.9. The van der Waals surface area contributed by atoms with Crippen molar-refractivity contribution in [2.45, 2.75) is 59.4 Å². The summed E-state index contributed by atoms with van der Waals surface area (Å²) in [5, 5.41) is 12.4. The first-order valence-electron chi connectivity index (χ1n) is 9.65. The van der Waals surface area contributed by atoms with E-state index in [9.17, 15) is 4.79 Å². The third-order valence-electron chi connectivity index (χ3n) is 5.14. The lowest BCUT2D eigenvalue weighted by atomic mass is 10.0. The fraction of sp³-hybridized carbons (Fsp3) is 0.524. The van der Waals surface area contributed by atoms with Crippen LogP contribution in [0.15, 0.2) is 23.6 Å². The minimum Gasteiger partial charge on any atom is -0.486 e. The average molecular weight is 423 g/mol. The Bertz CT molecular complexity index is 820. The number of ether oxygens (including phenoxy) is 1. The maximum absolute atomic E-state index is 12.9. The topological polar surface area (TPSA) is 62.7 Å². The molecule has 2 aromatic rings. The quantitative estimate of drug-likeness (QED) is 0.638. The molecule has 1 atom stereocenters. The second-order valence-electron chi connectivity index (χ2n) is 7.66. The third kappa shape index (κ3) is 5.25. The summed E-state index contributed by atoms with van der Waals surface area (Å²) in [6, 6.07) is 5.64. The van der Waals surface area contributed by atoms with E-state index in [0.29, 0.717) is 35.5 Å². The lowest BCUT2D eigenvalue weighted by molar-refractivity contribution is -0.136. The molecule has 3 rings (SSSR count). The van der Waals surface area contributed by atoms with Gasteiger partial charge in [-0.25, -0.2) is 4.98 Å². The van der Waals surface area contributed by atoms with Crippen molar-refractivity contribution in [3.05, 3.63) is 44.9 Å². The number of carbonyl (C=O) groups is 1. The van der Waals surface area contributed by atoms with Gasteiger partial charge in [-0.1, -0.05) is 25.4 Å². The van der Waals surface area contributed by atoms with Crippen LogP contribution in [0.2, 0.25) is 5.02 Å². The molecule has 1 fully saturated rings. The first kappa shape index (κ1) is 21.1. The van der Waals surface area contributed by atoms with Crippen LogP contribution in [0.1, 0.15) is 49.9 Å². The Morgan fingerprint density at radius 2 is 2.14 bits per heavy atom. The van der Waals surface area contributed by atoms with Gasteiger partial charge in [-0.05, 0) is 43.9 Å². The summed E-state index contributed by atoms with van der Waals surface area (Å²) < 4.78 is 6.00. The fourth-order valence-electron chi connectivity index (χ4n) is 2.97. The van der Waals surface area contributed by atoms with Crippen LogP contribution in [0.25, 0.3) is 0 Å². The van der Waals surface area contributed by atoms with Crippen molar-refractivity contribution in [1.82, 2.24) is 9.88 Å². The molecule has 0 saturated heterocycles. The average Bonchev–Trinajstić information content (AvgIpc) is 3.42. The van der Waals surface area contributed by atoms with E-state index in [1.54, 1.807) is 6.07 Å². The molecule has 0 radical (unpaired) electrons. The zero-order chi connectivity index (χ0) is 20.3. The number of hydrogen-bond donors (Lipinski definition) is 1. The lowest BCUT2D eigenvalue weighted by Gasteiger charge is -2.32. The summed E-state index contributed by atoms with van der Waals surface area (Å²) >= 11 is 7.69. The zero-order valence-corrected chi connectivity index (χ0v) is 18.1. The standard InChI is InChI=1S/C21H27ClN2O3S/c1-13(2)14(3)24(21(26)15-4-5-15)9-16-8-17(22)6-7-19(16)27-11-20-23-18(10-25)12-28-20/h6-8,12-15,25H,4-5,9-11H2,1-3H3. The van der Waals surface area contributed by atoms with Gasteiger partial charge >= 0.3 is 0 Å². The maximum Gasteiger partial charge on any atom is 0.226 e. The largest absolute Gasteiger partial charge is 0.486 e. The van der Waals surface area contributed by atoms with Gasteiger partial charge < -0.3 is 14.7 Å². The van der Waals surface area contributed by atoms with Gasteiger partial charge in [-0.3, -0.25) is 4.79 Å². The fourth-order valence-corrected chi connectivity index (χ4v) is 3.86. The van der Waals surface area contributed by atoms with Gasteiger partial charge in [0.2, 0.25) is 5.91 Å². The number of nitrogens with zero attached hydrogens (tertiary/aromatic N) is 2. The molecule has 1 amide bonds. The summed E-state index contributed by atoms with van der Waals surface area (Å²) in [5.41, 5.74) is 1.54. The van der Waals surface area contributed by atoms with E-state index < -0.39 is 0 Å². The van der Waals surface area contributed by atoms with Crippen LogP contribution in [-0.2, 0) is 24.6 Å². The smallest absolute Gasteiger partial charge is 0.226 e. The summed E-state index contributed by atoms with van der Waals surface area (Å²) in [7, 11) is 0. The van der Waals surface area contributed by atoms with Crippen LogP contribution >= 0.6 is 22.9 Å². The van der Waals surface area contributed by atoms with Crippen molar-refractivity contribution >= 4 is 28.8 Å². The number of aromatic nitrogens is 1. The van der Waals surface area contributed by atoms with Gasteiger partial charge in [0, 0.05) is 34.5 Å². The highest BCUT2D eigenvalue weighted by atomic mass is 35.5. The van der Waals surface area contributed by atoms with Gasteiger partial charge in [0.25, 0.3) is 0 Å². The van der Waals surface area contributed by atoms with Crippen LogP contribution in [-0.4, -0.2) is 26.9 Å². The van der Waals surface area contributed by atoms with E-state index in [-0.39, 0.29) is 24.5 Å². The van der Waals surface area contributed by atoms with Crippen LogP contribution in [0.3, 0.4) is 0 Å². The van der Waals surface area contributed by atoms with Crippen molar-refractivity contribution < 1.29 is 14.6 Å². The number of rotatable bonds is 9. The Morgan fingerprint density at radius 3 is 2.75 bits per heavy atom. The number of thiazole rings is 1. The van der Waals surface area contributed by atoms with Gasteiger partial charge in [-0.15, -0.1) is 11.3 Å². The molecule has 0 spiro atoms. The molecular formula is C21H27ClN2O3S. The monoisotopic (exact) mass is 422 g/mol. The molecule has 28 heavy (non-hydrogen) atoms. The second-order valence-corrected chi connectivity index (χ2v) is 9.04. The number of aliphatic hydroxyl groups is 1. The van der Waals surface area contributed by atoms with Crippen LogP contribution in [0.5, 0.6) is 5.75 Å². The van der Waals surface area contributed by atoms with Crippen LogP contribution in [0, 0.1) is 11.8 Å². The van der Waals surface area contributed by atoms with Crippen molar-refractivity contribution in [1.29, 1.82) is 0 Å². The van der Waals surface area contributed by atoms with Crippen molar-refractivity contribution in [2.75, 3.05) is 0 Å². The number of hydrogen-bond acceptors (Lipinski definition) is 5. The molecule has 7 heteroatoms. The molecule has 0 bridgehead atoms. The highest BCUT2D eigenvalue weighted by Gasteiger charge is 2.36. The normalized spacial score (nSPS) is 14.9. The van der Waals surface area contributed by atoms with Gasteiger partial charge in [-0.2, -0.15) is 0 Å². The first-order valence-corrected chi connectivity index (χ1v) is 10.9. The molecule has 1 aromatic heterocycles. The predicted octanol–water partition coefficient (Wildman–Crippen LogP) is 4.65. The Kier molecular flexibility index (Phi) is 6.96. The van der Waals surface area contributed by atoms with Crippen LogP contribution < -0.4 is 4.74 Å². The number of benzene rings is 1. The summed E-state index contributed by atoms with van der Waals surface area (Å²) in [5.74, 6) is 1.45. The lowest BCUT2D eigenvalue weighted by Crippen LogP contribution is -2.41. The molecule has 0 aliphatic heterocycles. The molecule has 1 unspecified atom stereocenters. The molecule has 1 aliphatic rings. The zero-order valence-electron chi connectivity index (χ0n) is 16.5. The summed E-state index contributed by atoms with van der Waals surface area (Å²) in [6.45, 7) is 7.08. The summed E-state index contributed by atoms with van der Waals surface area (Å²) in [6.07, 6.45) is 1.96. The Balaban J connectivity index is 1.78. The van der Waals surface area contributed by atoms with Gasteiger partial charge in [0.15, 0.2) is 0 Å². The van der Waals surface area contributed by atoms with E-state index in [1.807, 2.05) is 22.4 Å². The van der Waals surface area contributed by atoms with Crippen molar-refractivity contribution in [2.24, 2.45) is 11.8 Å². The highest BCUT2D eigenvalue weighted by Crippen LogP contribution is 2.34. The number of halogens is 1. The molecule has 1 saturated carbocycles. The number of aliphatic hydroxyl groups excluding tert-OH is 1. The van der Waals surface area contributed by atoms with E-state index in [2.05, 4.69) is 25.8 Å². The van der Waals surface area contributed by atoms with E-state index >= 15 is 0 Å². The molecule has 1 N–H and O–H groups in total. The minimum absolute atomic E-state index is 0.0754. The summed E-state index contributed by atoms with van der Waals surface area (Å²) in [4.78, 5) is 19.2. The Labute approximate surface area is 175 Å². The Morgan fingerprint density at radius 1 is 1.39 bits per heavy atom. The molecule has 1 heterocycles. The number of carbonyl (C=O) groups excluding carboxylic acids is 1.